The number of alkyl halides is 3. The van der Waals surface area contributed by atoms with Gasteiger partial charge in [-0.05, 0) is 48.9 Å². The van der Waals surface area contributed by atoms with Crippen LogP contribution in [0.2, 0.25) is 0 Å². The number of phenolic OH excluding ortho intramolecular Hbond substituents is 2. The van der Waals surface area contributed by atoms with E-state index in [9.17, 15) is 33.0 Å². The van der Waals surface area contributed by atoms with Gasteiger partial charge in [0, 0.05) is 11.1 Å². The van der Waals surface area contributed by atoms with Crippen LogP contribution >= 0.6 is 0 Å². The standard InChI is InChI=1S/C19H14F3NO5/c1-9-12-6-7-14(24)16(26)17(12)28-18(27)13(9)8-15(25)23-11-4-2-10(3-5-11)19(20,21)22/h2-7,24,26H,8H2,1H3,(H,23,25). The Kier molecular flexibility index (Phi) is 4.76. The summed E-state index contributed by atoms with van der Waals surface area (Å²) in [6.07, 6.45) is -4.86. The second-order valence-corrected chi connectivity index (χ2v) is 6.10. The van der Waals surface area contributed by atoms with Crippen molar-refractivity contribution in [3.05, 3.63) is 63.5 Å². The fourth-order valence-electron chi connectivity index (χ4n) is 2.74. The summed E-state index contributed by atoms with van der Waals surface area (Å²) in [6, 6.07) is 6.53. The topological polar surface area (TPSA) is 99.8 Å². The zero-order chi connectivity index (χ0) is 20.6. The van der Waals surface area contributed by atoms with Gasteiger partial charge in [0.1, 0.15) is 0 Å². The van der Waals surface area contributed by atoms with Crippen molar-refractivity contribution < 1.29 is 32.6 Å². The molecule has 0 atom stereocenters. The third-order valence-electron chi connectivity index (χ3n) is 4.24. The van der Waals surface area contributed by atoms with Crippen molar-refractivity contribution >= 4 is 22.6 Å². The van der Waals surface area contributed by atoms with Gasteiger partial charge in [0.15, 0.2) is 11.3 Å². The van der Waals surface area contributed by atoms with Crippen LogP contribution in [0.5, 0.6) is 11.5 Å². The molecule has 1 aromatic heterocycles. The van der Waals surface area contributed by atoms with Crippen molar-refractivity contribution in [2.45, 2.75) is 19.5 Å². The van der Waals surface area contributed by atoms with E-state index in [1.54, 1.807) is 6.92 Å². The largest absolute Gasteiger partial charge is 0.504 e. The van der Waals surface area contributed by atoms with Crippen LogP contribution in [-0.4, -0.2) is 16.1 Å². The quantitative estimate of drug-likeness (QED) is 0.465. The molecule has 0 aliphatic carbocycles. The fraction of sp³-hybridized carbons (Fsp3) is 0.158. The summed E-state index contributed by atoms with van der Waals surface area (Å²) in [5.41, 5.74) is -1.36. The molecule has 0 bridgehead atoms. The van der Waals surface area contributed by atoms with Crippen LogP contribution in [0.4, 0.5) is 18.9 Å². The summed E-state index contributed by atoms with van der Waals surface area (Å²) in [7, 11) is 0. The first-order chi connectivity index (χ1) is 13.1. The number of phenols is 2. The lowest BCUT2D eigenvalue weighted by molar-refractivity contribution is -0.137. The molecular weight excluding hydrogens is 379 g/mol. The van der Waals surface area contributed by atoms with E-state index in [1.807, 2.05) is 0 Å². The molecule has 0 saturated carbocycles. The van der Waals surface area contributed by atoms with Crippen LogP contribution in [0.1, 0.15) is 16.7 Å². The highest BCUT2D eigenvalue weighted by atomic mass is 19.4. The lowest BCUT2D eigenvalue weighted by Crippen LogP contribution is -2.20. The predicted octanol–water partition coefficient (Wildman–Crippen LogP) is 3.71. The number of halogens is 3. The number of carbonyl (C=O) groups excluding carboxylic acids is 1. The van der Waals surface area contributed by atoms with E-state index in [2.05, 4.69) is 5.32 Å². The second-order valence-electron chi connectivity index (χ2n) is 6.10. The van der Waals surface area contributed by atoms with E-state index in [1.165, 1.54) is 12.1 Å². The summed E-state index contributed by atoms with van der Waals surface area (Å²) in [5.74, 6) is -1.67. The molecule has 0 aliphatic heterocycles. The summed E-state index contributed by atoms with van der Waals surface area (Å²) in [4.78, 5) is 24.4. The van der Waals surface area contributed by atoms with Crippen molar-refractivity contribution in [1.82, 2.24) is 0 Å². The molecule has 6 nitrogen and oxygen atoms in total. The summed E-state index contributed by atoms with van der Waals surface area (Å²) < 4.78 is 42.7. The highest BCUT2D eigenvalue weighted by Gasteiger charge is 2.30. The molecule has 28 heavy (non-hydrogen) atoms. The number of fused-ring (bicyclic) bond motifs is 1. The molecule has 0 aliphatic rings. The molecule has 0 saturated heterocycles. The predicted molar refractivity (Wildman–Crippen MR) is 94.3 cm³/mol. The highest BCUT2D eigenvalue weighted by molar-refractivity contribution is 5.94. The van der Waals surface area contributed by atoms with E-state index >= 15 is 0 Å². The van der Waals surface area contributed by atoms with Crippen LogP contribution in [-0.2, 0) is 17.4 Å². The molecule has 3 aromatic rings. The van der Waals surface area contributed by atoms with Gasteiger partial charge >= 0.3 is 11.8 Å². The molecule has 146 valence electrons. The van der Waals surface area contributed by atoms with Crippen molar-refractivity contribution in [2.75, 3.05) is 5.32 Å². The van der Waals surface area contributed by atoms with Gasteiger partial charge < -0.3 is 19.9 Å². The van der Waals surface area contributed by atoms with E-state index in [-0.39, 0.29) is 23.3 Å². The van der Waals surface area contributed by atoms with E-state index < -0.39 is 34.8 Å². The minimum Gasteiger partial charge on any atom is -0.504 e. The maximum absolute atomic E-state index is 12.6. The second kappa shape index (κ2) is 6.91. The van der Waals surface area contributed by atoms with Gasteiger partial charge in [0.25, 0.3) is 0 Å². The lowest BCUT2D eigenvalue weighted by atomic mass is 10.0. The van der Waals surface area contributed by atoms with Crippen LogP contribution in [0.3, 0.4) is 0 Å². The monoisotopic (exact) mass is 393 g/mol. The first-order valence-electron chi connectivity index (χ1n) is 8.02. The number of hydrogen-bond donors (Lipinski definition) is 3. The Balaban J connectivity index is 1.85. The molecule has 9 heteroatoms. The van der Waals surface area contributed by atoms with Gasteiger partial charge in [-0.3, -0.25) is 4.79 Å². The van der Waals surface area contributed by atoms with Crippen LogP contribution in [0.15, 0.2) is 45.6 Å². The number of benzene rings is 2. The molecule has 2 aromatic carbocycles. The summed E-state index contributed by atoms with van der Waals surface area (Å²) >= 11 is 0. The van der Waals surface area contributed by atoms with Crippen molar-refractivity contribution in [3.8, 4) is 11.5 Å². The molecule has 3 N–H and O–H groups in total. The number of amides is 1. The lowest BCUT2D eigenvalue weighted by Gasteiger charge is -2.11. The number of anilines is 1. The Morgan fingerprint density at radius 1 is 1.11 bits per heavy atom. The van der Waals surface area contributed by atoms with Gasteiger partial charge in [-0.15, -0.1) is 0 Å². The van der Waals surface area contributed by atoms with Crippen molar-refractivity contribution in [1.29, 1.82) is 0 Å². The number of carbonyl (C=O) groups is 1. The van der Waals surface area contributed by atoms with Crippen LogP contribution < -0.4 is 10.9 Å². The van der Waals surface area contributed by atoms with Crippen molar-refractivity contribution in [2.24, 2.45) is 0 Å². The Hall–Kier alpha value is -3.49. The number of aromatic hydroxyl groups is 2. The Bertz CT molecular complexity index is 1120. The zero-order valence-electron chi connectivity index (χ0n) is 14.4. The normalized spacial score (nSPS) is 11.6. The van der Waals surface area contributed by atoms with Gasteiger partial charge in [-0.2, -0.15) is 13.2 Å². The molecule has 1 heterocycles. The van der Waals surface area contributed by atoms with E-state index in [0.717, 1.165) is 24.3 Å². The molecular formula is C19H14F3NO5. The van der Waals surface area contributed by atoms with Gasteiger partial charge in [-0.25, -0.2) is 4.79 Å². The smallest absolute Gasteiger partial charge is 0.416 e. The number of nitrogens with one attached hydrogen (secondary N) is 1. The molecule has 0 spiro atoms. The van der Waals surface area contributed by atoms with Gasteiger partial charge in [0.2, 0.25) is 11.7 Å². The van der Waals surface area contributed by atoms with Crippen LogP contribution in [0.25, 0.3) is 11.0 Å². The third kappa shape index (κ3) is 3.64. The highest BCUT2D eigenvalue weighted by Crippen LogP contribution is 2.34. The molecule has 3 rings (SSSR count). The molecule has 0 fully saturated rings. The average molecular weight is 393 g/mol. The summed E-state index contributed by atoms with van der Waals surface area (Å²) in [5, 5.41) is 22.1. The molecule has 0 radical (unpaired) electrons. The molecule has 0 unspecified atom stereocenters. The van der Waals surface area contributed by atoms with E-state index in [4.69, 9.17) is 4.42 Å². The maximum atomic E-state index is 12.6. The summed E-state index contributed by atoms with van der Waals surface area (Å²) in [6.45, 7) is 1.55. The Morgan fingerprint density at radius 3 is 2.36 bits per heavy atom. The minimum atomic E-state index is -4.48. The van der Waals surface area contributed by atoms with E-state index in [0.29, 0.717) is 10.9 Å². The molecule has 1 amide bonds. The Morgan fingerprint density at radius 2 is 1.75 bits per heavy atom. The average Bonchev–Trinajstić information content (AvgIpc) is 2.62. The number of rotatable bonds is 3. The first kappa shape index (κ1) is 19.3. The van der Waals surface area contributed by atoms with Crippen LogP contribution in [0, 0.1) is 6.92 Å². The maximum Gasteiger partial charge on any atom is 0.416 e. The fourth-order valence-corrected chi connectivity index (χ4v) is 2.74. The minimum absolute atomic E-state index is 0.0296. The van der Waals surface area contributed by atoms with Crippen molar-refractivity contribution in [3.63, 3.8) is 0 Å². The van der Waals surface area contributed by atoms with Gasteiger partial charge in [-0.1, -0.05) is 0 Å². The SMILES string of the molecule is Cc1c(CC(=O)Nc2ccc(C(F)(F)F)cc2)c(=O)oc2c(O)c(O)ccc12. The zero-order valence-corrected chi connectivity index (χ0v) is 14.4. The number of aryl methyl sites for hydroxylation is 1. The first-order valence-corrected chi connectivity index (χ1v) is 8.02. The van der Waals surface area contributed by atoms with Gasteiger partial charge in [0.05, 0.1) is 17.5 Å². The third-order valence-corrected chi connectivity index (χ3v) is 4.24. The number of hydrogen-bond acceptors (Lipinski definition) is 5. The Labute approximate surface area is 155 Å².